The van der Waals surface area contributed by atoms with Gasteiger partial charge in [0, 0.05) is 12.0 Å². The number of amides is 2. The molecule has 1 fully saturated rings. The molecule has 3 atom stereocenters. The molecule has 6 heteroatoms. The summed E-state index contributed by atoms with van der Waals surface area (Å²) in [5.41, 5.74) is 1.66. The summed E-state index contributed by atoms with van der Waals surface area (Å²) < 4.78 is 13.5. The fraction of sp³-hybridized carbons (Fsp3) is 0.278. The third-order valence-electron chi connectivity index (χ3n) is 4.17. The highest BCUT2D eigenvalue weighted by molar-refractivity contribution is 6.30. The van der Waals surface area contributed by atoms with Gasteiger partial charge in [-0.1, -0.05) is 48.0 Å². The van der Waals surface area contributed by atoms with Crippen molar-refractivity contribution >= 4 is 17.6 Å². The third-order valence-corrected chi connectivity index (χ3v) is 4.48. The molecule has 126 valence electrons. The van der Waals surface area contributed by atoms with Crippen LogP contribution in [0.3, 0.4) is 0 Å². The van der Waals surface area contributed by atoms with Crippen LogP contribution in [0, 0.1) is 5.82 Å². The molecule has 0 spiro atoms. The number of nitrogens with one attached hydrogen (secondary N) is 2. The summed E-state index contributed by atoms with van der Waals surface area (Å²) in [6, 6.07) is 13.2. The largest absolute Gasteiger partial charge is 0.394 e. The first-order valence-corrected chi connectivity index (χ1v) is 8.14. The molecule has 3 N–H and O–H groups in total. The molecule has 0 radical (unpaired) electrons. The molecule has 0 saturated heterocycles. The van der Waals surface area contributed by atoms with Crippen molar-refractivity contribution in [2.45, 2.75) is 24.4 Å². The monoisotopic (exact) mass is 348 g/mol. The second kappa shape index (κ2) is 7.20. The number of carbonyl (C=O) groups excluding carboxylic acids is 1. The molecule has 0 bridgehead atoms. The van der Waals surface area contributed by atoms with E-state index in [0.717, 1.165) is 6.42 Å². The maximum absolute atomic E-state index is 13.5. The summed E-state index contributed by atoms with van der Waals surface area (Å²) in [4.78, 5) is 12.1. The van der Waals surface area contributed by atoms with Gasteiger partial charge in [0.15, 0.2) is 0 Å². The fourth-order valence-corrected chi connectivity index (χ4v) is 2.87. The third kappa shape index (κ3) is 3.86. The van der Waals surface area contributed by atoms with E-state index < -0.39 is 11.9 Å². The lowest BCUT2D eigenvalue weighted by molar-refractivity contribution is 0.216. The lowest BCUT2D eigenvalue weighted by Crippen LogP contribution is -2.40. The molecule has 1 saturated carbocycles. The minimum atomic E-state index is -0.689. The van der Waals surface area contributed by atoms with E-state index in [1.54, 1.807) is 6.07 Å². The molecule has 4 nitrogen and oxygen atoms in total. The topological polar surface area (TPSA) is 61.4 Å². The molecule has 0 aliphatic heterocycles. The first-order chi connectivity index (χ1) is 11.6. The van der Waals surface area contributed by atoms with Gasteiger partial charge in [-0.3, -0.25) is 0 Å². The van der Waals surface area contributed by atoms with Crippen LogP contribution in [0.15, 0.2) is 48.5 Å². The number of aliphatic hydroxyl groups is 1. The van der Waals surface area contributed by atoms with Gasteiger partial charge in [-0.05, 0) is 29.7 Å². The molecule has 1 aliphatic carbocycles. The van der Waals surface area contributed by atoms with Crippen LogP contribution in [0.1, 0.15) is 29.5 Å². The first-order valence-electron chi connectivity index (χ1n) is 7.76. The summed E-state index contributed by atoms with van der Waals surface area (Å²) in [5, 5.41) is 15.0. The van der Waals surface area contributed by atoms with Gasteiger partial charge in [0.05, 0.1) is 17.7 Å². The van der Waals surface area contributed by atoms with Crippen LogP contribution in [0.4, 0.5) is 9.18 Å². The lowest BCUT2D eigenvalue weighted by Gasteiger charge is -2.17. The van der Waals surface area contributed by atoms with Crippen molar-refractivity contribution in [1.29, 1.82) is 0 Å². The predicted molar refractivity (Wildman–Crippen MR) is 90.5 cm³/mol. The highest BCUT2D eigenvalue weighted by Crippen LogP contribution is 2.40. The van der Waals surface area contributed by atoms with E-state index in [9.17, 15) is 14.3 Å². The summed E-state index contributed by atoms with van der Waals surface area (Å²) in [6.45, 7) is -0.332. The van der Waals surface area contributed by atoms with Crippen LogP contribution in [0.2, 0.25) is 5.02 Å². The molecular weight excluding hydrogens is 331 g/mol. The molecule has 2 amide bonds. The van der Waals surface area contributed by atoms with Crippen molar-refractivity contribution in [2.24, 2.45) is 0 Å². The van der Waals surface area contributed by atoms with Gasteiger partial charge in [-0.15, -0.1) is 0 Å². The number of carbonyl (C=O) groups is 1. The quantitative estimate of drug-likeness (QED) is 0.775. The Morgan fingerprint density at radius 1 is 1.29 bits per heavy atom. The maximum atomic E-state index is 13.5. The number of hydrogen-bond acceptors (Lipinski definition) is 2. The van der Waals surface area contributed by atoms with Crippen molar-refractivity contribution in [3.05, 3.63) is 70.5 Å². The maximum Gasteiger partial charge on any atom is 0.315 e. The second-order valence-corrected chi connectivity index (χ2v) is 6.29. The normalized spacial score (nSPS) is 20.3. The minimum absolute atomic E-state index is 0.00331. The molecule has 3 rings (SSSR count). The zero-order valence-corrected chi connectivity index (χ0v) is 13.6. The van der Waals surface area contributed by atoms with Crippen LogP contribution in [-0.4, -0.2) is 23.8 Å². The van der Waals surface area contributed by atoms with E-state index in [2.05, 4.69) is 10.6 Å². The Kier molecular flexibility index (Phi) is 5.02. The molecule has 24 heavy (non-hydrogen) atoms. The first kappa shape index (κ1) is 16.7. The van der Waals surface area contributed by atoms with Crippen LogP contribution in [-0.2, 0) is 0 Å². The Morgan fingerprint density at radius 2 is 2.04 bits per heavy atom. The summed E-state index contributed by atoms with van der Waals surface area (Å²) in [6.07, 6.45) is 0.886. The van der Waals surface area contributed by atoms with E-state index in [4.69, 9.17) is 11.6 Å². The van der Waals surface area contributed by atoms with E-state index in [0.29, 0.717) is 11.5 Å². The zero-order chi connectivity index (χ0) is 17.1. The lowest BCUT2D eigenvalue weighted by atomic mass is 10.1. The Hall–Kier alpha value is -2.11. The van der Waals surface area contributed by atoms with Gasteiger partial charge in [0.1, 0.15) is 5.82 Å². The smallest absolute Gasteiger partial charge is 0.315 e. The van der Waals surface area contributed by atoms with Gasteiger partial charge in [-0.2, -0.15) is 0 Å². The van der Waals surface area contributed by atoms with E-state index in [-0.39, 0.29) is 23.7 Å². The van der Waals surface area contributed by atoms with Gasteiger partial charge < -0.3 is 15.7 Å². The van der Waals surface area contributed by atoms with E-state index in [1.807, 2.05) is 30.3 Å². The molecular formula is C18H18ClFN2O2. The SMILES string of the molecule is O=C(NC(CO)c1ccc(Cl)c(F)c1)NC1CC1c1ccccc1. The predicted octanol–water partition coefficient (Wildman–Crippen LogP) is 3.37. The molecule has 2 aromatic carbocycles. The highest BCUT2D eigenvalue weighted by atomic mass is 35.5. The number of urea groups is 1. The van der Waals surface area contributed by atoms with Crippen molar-refractivity contribution in [1.82, 2.24) is 10.6 Å². The number of halogens is 2. The van der Waals surface area contributed by atoms with Gasteiger partial charge >= 0.3 is 6.03 Å². The Balaban J connectivity index is 1.57. The van der Waals surface area contributed by atoms with Gasteiger partial charge in [-0.25, -0.2) is 9.18 Å². The van der Waals surface area contributed by atoms with Crippen LogP contribution < -0.4 is 10.6 Å². The number of rotatable bonds is 5. The zero-order valence-electron chi connectivity index (χ0n) is 12.9. The number of benzene rings is 2. The van der Waals surface area contributed by atoms with Gasteiger partial charge in [0.25, 0.3) is 0 Å². The molecule has 0 aromatic heterocycles. The van der Waals surface area contributed by atoms with E-state index >= 15 is 0 Å². The Labute approximate surface area is 144 Å². The average molecular weight is 349 g/mol. The minimum Gasteiger partial charge on any atom is -0.394 e. The average Bonchev–Trinajstić information content (AvgIpc) is 3.35. The van der Waals surface area contributed by atoms with Crippen LogP contribution in [0.25, 0.3) is 0 Å². The van der Waals surface area contributed by atoms with Crippen molar-refractivity contribution in [2.75, 3.05) is 6.61 Å². The van der Waals surface area contributed by atoms with E-state index in [1.165, 1.54) is 17.7 Å². The second-order valence-electron chi connectivity index (χ2n) is 5.89. The summed E-state index contributed by atoms with van der Waals surface area (Å²) >= 11 is 5.65. The molecule has 1 aliphatic rings. The van der Waals surface area contributed by atoms with Crippen LogP contribution >= 0.6 is 11.6 Å². The Bertz CT molecular complexity index is 726. The number of hydrogen-bond donors (Lipinski definition) is 3. The molecule has 2 aromatic rings. The van der Waals surface area contributed by atoms with Crippen LogP contribution in [0.5, 0.6) is 0 Å². The standard InChI is InChI=1S/C18H18ClFN2O2/c19-14-7-6-12(8-15(14)20)17(10-23)22-18(24)21-16-9-13(16)11-4-2-1-3-5-11/h1-8,13,16-17,23H,9-10H2,(H2,21,22,24). The Morgan fingerprint density at radius 3 is 2.71 bits per heavy atom. The highest BCUT2D eigenvalue weighted by Gasteiger charge is 2.39. The summed E-state index contributed by atoms with van der Waals surface area (Å²) in [7, 11) is 0. The van der Waals surface area contributed by atoms with Crippen molar-refractivity contribution in [3.63, 3.8) is 0 Å². The van der Waals surface area contributed by atoms with Gasteiger partial charge in [0.2, 0.25) is 0 Å². The summed E-state index contributed by atoms with van der Waals surface area (Å²) in [5.74, 6) is -0.265. The van der Waals surface area contributed by atoms with Crippen molar-refractivity contribution in [3.8, 4) is 0 Å². The molecule has 3 unspecified atom stereocenters. The molecule has 0 heterocycles. The fourth-order valence-electron chi connectivity index (χ4n) is 2.75. The number of aliphatic hydroxyl groups excluding tert-OH is 1. The van der Waals surface area contributed by atoms with Crippen molar-refractivity contribution < 1.29 is 14.3 Å².